The second-order valence-corrected chi connectivity index (χ2v) is 8.92. The molecule has 1 atom stereocenters. The third-order valence-corrected chi connectivity index (χ3v) is 6.37. The Balaban J connectivity index is 1.62. The average molecular weight is 512 g/mol. The second kappa shape index (κ2) is 9.12. The number of anilines is 2. The van der Waals surface area contributed by atoms with Gasteiger partial charge in [-0.2, -0.15) is 18.2 Å². The maximum Gasteiger partial charge on any atom is 0.422 e. The van der Waals surface area contributed by atoms with Crippen molar-refractivity contribution >= 4 is 22.7 Å². The van der Waals surface area contributed by atoms with E-state index in [9.17, 15) is 23.1 Å². The van der Waals surface area contributed by atoms with Crippen molar-refractivity contribution in [2.75, 3.05) is 11.9 Å². The third kappa shape index (κ3) is 4.38. The Kier molecular flexibility index (Phi) is 6.08. The number of benzene rings is 1. The number of nitrogens with one attached hydrogen (secondary N) is 2. The van der Waals surface area contributed by atoms with Crippen molar-refractivity contribution in [2.24, 2.45) is 0 Å². The summed E-state index contributed by atoms with van der Waals surface area (Å²) in [6, 6.07) is 8.46. The maximum absolute atomic E-state index is 13.5. The molecule has 4 aromatic rings. The molecule has 1 unspecified atom stereocenters. The van der Waals surface area contributed by atoms with Crippen LogP contribution in [0, 0.1) is 0 Å². The third-order valence-electron chi connectivity index (χ3n) is 6.37. The van der Waals surface area contributed by atoms with E-state index in [0.717, 1.165) is 37.5 Å². The van der Waals surface area contributed by atoms with Gasteiger partial charge >= 0.3 is 6.18 Å². The van der Waals surface area contributed by atoms with Crippen molar-refractivity contribution in [3.05, 3.63) is 82.6 Å². The van der Waals surface area contributed by atoms with Crippen molar-refractivity contribution in [3.8, 4) is 5.69 Å². The summed E-state index contributed by atoms with van der Waals surface area (Å²) in [5, 5.41) is 16.8. The van der Waals surface area contributed by atoms with Crippen LogP contribution in [0.25, 0.3) is 16.7 Å². The lowest BCUT2D eigenvalue weighted by Crippen LogP contribution is -2.40. The number of rotatable bonds is 6. The van der Waals surface area contributed by atoms with Crippen molar-refractivity contribution in [2.45, 2.75) is 38.2 Å². The van der Waals surface area contributed by atoms with Crippen LogP contribution in [0.4, 0.5) is 24.8 Å². The minimum absolute atomic E-state index is 0.0597. The zero-order valence-corrected chi connectivity index (χ0v) is 19.9. The summed E-state index contributed by atoms with van der Waals surface area (Å²) >= 11 is 0. The summed E-state index contributed by atoms with van der Waals surface area (Å²) in [6.07, 6.45) is -0.0659. The predicted octanol–water partition coefficient (Wildman–Crippen LogP) is 3.32. The van der Waals surface area contributed by atoms with Crippen LogP contribution in [-0.4, -0.2) is 42.1 Å². The number of fused-ring (bicyclic) bond motifs is 2. The van der Waals surface area contributed by atoms with Gasteiger partial charge in [0.05, 0.1) is 17.9 Å². The largest absolute Gasteiger partial charge is 0.422 e. The highest BCUT2D eigenvalue weighted by molar-refractivity contribution is 5.77. The molecule has 1 aromatic carbocycles. The number of allylic oxidation sites excluding steroid dienone is 1. The molecule has 0 fully saturated rings. The normalized spacial score (nSPS) is 15.3. The van der Waals surface area contributed by atoms with E-state index in [1.807, 2.05) is 18.2 Å². The molecular weight excluding hydrogens is 487 g/mol. The fourth-order valence-electron chi connectivity index (χ4n) is 4.28. The van der Waals surface area contributed by atoms with Crippen molar-refractivity contribution < 1.29 is 18.3 Å². The van der Waals surface area contributed by atoms with E-state index < -0.39 is 23.0 Å². The number of alkyl halides is 3. The fraction of sp³-hybridized carbons (Fsp3) is 0.280. The maximum atomic E-state index is 13.5. The van der Waals surface area contributed by atoms with Crippen LogP contribution >= 0.6 is 0 Å². The Bertz CT molecular complexity index is 1560. The van der Waals surface area contributed by atoms with E-state index in [1.54, 1.807) is 0 Å². The quantitative estimate of drug-likeness (QED) is 0.341. The molecule has 0 saturated carbocycles. The fourth-order valence-corrected chi connectivity index (χ4v) is 4.28. The molecule has 0 radical (unpaired) electrons. The molecule has 9 nitrogen and oxygen atoms in total. The van der Waals surface area contributed by atoms with Gasteiger partial charge in [-0.1, -0.05) is 12.1 Å². The highest BCUT2D eigenvalue weighted by Gasteiger charge is 2.52. The number of nitrogens with zero attached hydrogens (tertiary/aromatic N) is 5. The van der Waals surface area contributed by atoms with Gasteiger partial charge in [-0.25, -0.2) is 14.3 Å². The predicted molar refractivity (Wildman–Crippen MR) is 132 cm³/mol. The van der Waals surface area contributed by atoms with Crippen LogP contribution in [0.5, 0.6) is 0 Å². The summed E-state index contributed by atoms with van der Waals surface area (Å²) < 4.78 is 43.1. The summed E-state index contributed by atoms with van der Waals surface area (Å²) in [5.74, 6) is 0.211. The first-order chi connectivity index (χ1) is 17.6. The van der Waals surface area contributed by atoms with E-state index in [4.69, 9.17) is 0 Å². The Morgan fingerprint density at radius 2 is 2.03 bits per heavy atom. The van der Waals surface area contributed by atoms with Crippen LogP contribution < -0.4 is 16.2 Å². The second-order valence-electron chi connectivity index (χ2n) is 8.92. The molecule has 192 valence electrons. The average Bonchev–Trinajstić information content (AvgIpc) is 3.14. The molecule has 0 amide bonds. The molecule has 37 heavy (non-hydrogen) atoms. The zero-order chi connectivity index (χ0) is 26.4. The number of aliphatic hydroxyl groups is 1. The minimum atomic E-state index is -4.96. The first kappa shape index (κ1) is 24.7. The lowest BCUT2D eigenvalue weighted by atomic mass is 10.0. The van der Waals surface area contributed by atoms with Gasteiger partial charge in [0.25, 0.3) is 5.56 Å². The van der Waals surface area contributed by atoms with Gasteiger partial charge in [0.2, 0.25) is 5.95 Å². The van der Waals surface area contributed by atoms with E-state index in [2.05, 4.69) is 32.2 Å². The molecule has 5 rings (SSSR count). The van der Waals surface area contributed by atoms with Crippen LogP contribution in [0.1, 0.15) is 23.7 Å². The van der Waals surface area contributed by atoms with Crippen LogP contribution in [0.15, 0.2) is 60.2 Å². The smallest absolute Gasteiger partial charge is 0.375 e. The van der Waals surface area contributed by atoms with Gasteiger partial charge in [0.15, 0.2) is 11.2 Å². The van der Waals surface area contributed by atoms with Crippen LogP contribution in [0.3, 0.4) is 0 Å². The summed E-state index contributed by atoms with van der Waals surface area (Å²) in [6.45, 7) is 6.05. The van der Waals surface area contributed by atoms with E-state index >= 15 is 0 Å². The molecule has 3 N–H and O–H groups in total. The van der Waals surface area contributed by atoms with Crippen molar-refractivity contribution in [3.63, 3.8) is 0 Å². The topological polar surface area (TPSA) is 110 Å². The van der Waals surface area contributed by atoms with Crippen LogP contribution in [-0.2, 0) is 25.1 Å². The molecule has 1 aliphatic heterocycles. The number of hydrogen-bond acceptors (Lipinski definition) is 7. The van der Waals surface area contributed by atoms with Gasteiger partial charge in [0.1, 0.15) is 5.39 Å². The van der Waals surface area contributed by atoms with Crippen molar-refractivity contribution in [1.82, 2.24) is 29.6 Å². The first-order valence-corrected chi connectivity index (χ1v) is 11.5. The number of aromatic nitrogens is 5. The highest BCUT2D eigenvalue weighted by atomic mass is 19.4. The number of hydrogen-bond donors (Lipinski definition) is 3. The van der Waals surface area contributed by atoms with E-state index in [0.29, 0.717) is 6.92 Å². The molecule has 1 aliphatic rings. The van der Waals surface area contributed by atoms with E-state index in [1.165, 1.54) is 38.8 Å². The van der Waals surface area contributed by atoms with Gasteiger partial charge < -0.3 is 15.7 Å². The van der Waals surface area contributed by atoms with Gasteiger partial charge in [-0.15, -0.1) is 6.58 Å². The zero-order valence-electron chi connectivity index (χ0n) is 19.9. The SMILES string of the molecule is C=CCn1c(=O)c2cnc(Nc3ccc4c(c3)CCNC4)nc2n1-c1ccnc(C(C)(O)C(F)(F)F)c1. The number of pyridine rings is 1. The molecule has 12 heteroatoms. The summed E-state index contributed by atoms with van der Waals surface area (Å²) in [4.78, 5) is 25.7. The highest BCUT2D eigenvalue weighted by Crippen LogP contribution is 2.38. The van der Waals surface area contributed by atoms with Crippen LogP contribution in [0.2, 0.25) is 0 Å². The molecule has 0 saturated heterocycles. The van der Waals surface area contributed by atoms with Gasteiger partial charge in [-0.05, 0) is 55.3 Å². The molecule has 3 aromatic heterocycles. The Labute approximate surface area is 209 Å². The molecule has 0 aliphatic carbocycles. The standard InChI is InChI=1S/C25H24F3N7O2/c1-3-10-34-22(36)19-14-31-23(32-17-5-4-16-13-29-8-6-15(16)11-17)33-21(19)35(34)18-7-9-30-20(12-18)24(2,37)25(26,27)28/h3-5,7,9,11-12,14,29,37H,1,6,8,10,13H2,2H3,(H,31,32,33). The van der Waals surface area contributed by atoms with Crippen molar-refractivity contribution in [1.29, 1.82) is 0 Å². The Hall–Kier alpha value is -4.03. The lowest BCUT2D eigenvalue weighted by Gasteiger charge is -2.26. The molecule has 4 heterocycles. The molecular formula is C25H24F3N7O2. The number of halogens is 3. The van der Waals surface area contributed by atoms with Gasteiger partial charge in [0, 0.05) is 24.6 Å². The summed E-state index contributed by atoms with van der Waals surface area (Å²) in [7, 11) is 0. The molecule has 0 bridgehead atoms. The Morgan fingerprint density at radius 3 is 2.78 bits per heavy atom. The summed E-state index contributed by atoms with van der Waals surface area (Å²) in [5.41, 5.74) is -0.723. The monoisotopic (exact) mass is 511 g/mol. The first-order valence-electron chi connectivity index (χ1n) is 11.5. The Morgan fingerprint density at radius 1 is 1.22 bits per heavy atom. The van der Waals surface area contributed by atoms with E-state index in [-0.39, 0.29) is 29.2 Å². The lowest BCUT2D eigenvalue weighted by molar-refractivity contribution is -0.260. The minimum Gasteiger partial charge on any atom is -0.375 e. The van der Waals surface area contributed by atoms with Gasteiger partial charge in [-0.3, -0.25) is 9.78 Å². The molecule has 0 spiro atoms.